The molecule has 3 aromatic rings. The minimum Gasteiger partial charge on any atom is -0.406 e. The zero-order chi connectivity index (χ0) is 23.1. The van der Waals surface area contributed by atoms with Crippen LogP contribution in [0.3, 0.4) is 0 Å². The van der Waals surface area contributed by atoms with E-state index in [1.807, 2.05) is 0 Å². The van der Waals surface area contributed by atoms with Gasteiger partial charge in [-0.2, -0.15) is 0 Å². The van der Waals surface area contributed by atoms with Gasteiger partial charge in [-0.05, 0) is 42.5 Å². The van der Waals surface area contributed by atoms with Gasteiger partial charge in [0.2, 0.25) is 16.9 Å². The first-order valence-electron chi connectivity index (χ1n) is 8.93. The minimum absolute atomic E-state index is 0.0858. The molecule has 168 valence electrons. The number of rotatable bonds is 8. The molecule has 0 aliphatic heterocycles. The van der Waals surface area contributed by atoms with Gasteiger partial charge in [-0.3, -0.25) is 9.59 Å². The molecule has 0 aliphatic carbocycles. The summed E-state index contributed by atoms with van der Waals surface area (Å²) in [6, 6.07) is 11.9. The number of anilines is 4. The Morgan fingerprint density at radius 1 is 1.03 bits per heavy atom. The van der Waals surface area contributed by atoms with Gasteiger partial charge in [0, 0.05) is 24.0 Å². The molecule has 0 radical (unpaired) electrons. The maximum absolute atomic E-state index is 12.2. The van der Waals surface area contributed by atoms with E-state index in [-0.39, 0.29) is 23.3 Å². The van der Waals surface area contributed by atoms with Gasteiger partial charge >= 0.3 is 6.36 Å². The predicted molar refractivity (Wildman–Crippen MR) is 116 cm³/mol. The van der Waals surface area contributed by atoms with Crippen molar-refractivity contribution in [2.75, 3.05) is 21.7 Å². The van der Waals surface area contributed by atoms with E-state index in [2.05, 4.69) is 30.9 Å². The summed E-state index contributed by atoms with van der Waals surface area (Å²) in [6.45, 7) is 1.39. The minimum atomic E-state index is -4.75. The molecule has 0 spiro atoms. The number of thioether (sulfide) groups is 1. The molecule has 0 saturated heterocycles. The number of hydrogen-bond donors (Lipinski definition) is 3. The Bertz CT molecular complexity index is 1090. The van der Waals surface area contributed by atoms with Gasteiger partial charge in [0.15, 0.2) is 4.34 Å². The Morgan fingerprint density at radius 2 is 1.72 bits per heavy atom. The molecule has 0 fully saturated rings. The summed E-state index contributed by atoms with van der Waals surface area (Å²) < 4.78 is 41.0. The van der Waals surface area contributed by atoms with E-state index in [4.69, 9.17) is 0 Å². The van der Waals surface area contributed by atoms with Crippen LogP contribution in [-0.4, -0.2) is 34.1 Å². The number of nitrogens with zero attached hydrogens (tertiary/aromatic N) is 2. The van der Waals surface area contributed by atoms with Crippen LogP contribution in [0.25, 0.3) is 0 Å². The second-order valence-electron chi connectivity index (χ2n) is 6.17. The highest BCUT2D eigenvalue weighted by Crippen LogP contribution is 2.29. The molecule has 0 aliphatic rings. The molecular formula is C19H16F3N5O3S2. The van der Waals surface area contributed by atoms with Gasteiger partial charge in [0.25, 0.3) is 0 Å². The molecule has 3 N–H and O–H groups in total. The number of nitrogens with one attached hydrogen (secondary N) is 3. The monoisotopic (exact) mass is 483 g/mol. The number of carbonyl (C=O) groups excluding carboxylic acids is 2. The number of halogens is 3. The van der Waals surface area contributed by atoms with E-state index in [1.54, 1.807) is 24.3 Å². The molecule has 0 atom stereocenters. The maximum Gasteiger partial charge on any atom is 0.573 e. The van der Waals surface area contributed by atoms with Crippen molar-refractivity contribution in [1.29, 1.82) is 0 Å². The summed E-state index contributed by atoms with van der Waals surface area (Å²) in [7, 11) is 0. The second-order valence-corrected chi connectivity index (χ2v) is 8.37. The van der Waals surface area contributed by atoms with Crippen molar-refractivity contribution in [2.45, 2.75) is 17.6 Å². The van der Waals surface area contributed by atoms with Crippen molar-refractivity contribution in [3.05, 3.63) is 48.5 Å². The van der Waals surface area contributed by atoms with Gasteiger partial charge < -0.3 is 20.7 Å². The third-order valence-corrected chi connectivity index (χ3v) is 5.51. The van der Waals surface area contributed by atoms with Crippen molar-refractivity contribution >= 4 is 57.1 Å². The largest absolute Gasteiger partial charge is 0.573 e. The zero-order valence-corrected chi connectivity index (χ0v) is 18.0. The van der Waals surface area contributed by atoms with E-state index in [0.717, 1.165) is 0 Å². The van der Waals surface area contributed by atoms with Crippen LogP contribution in [0.15, 0.2) is 52.9 Å². The van der Waals surface area contributed by atoms with E-state index < -0.39 is 6.36 Å². The number of ether oxygens (including phenoxy) is 1. The number of aromatic nitrogens is 2. The first-order valence-corrected chi connectivity index (χ1v) is 10.7. The van der Waals surface area contributed by atoms with Crippen LogP contribution in [0.4, 0.5) is 35.4 Å². The van der Waals surface area contributed by atoms with Crippen molar-refractivity contribution in [1.82, 2.24) is 10.2 Å². The smallest absolute Gasteiger partial charge is 0.406 e. The summed E-state index contributed by atoms with van der Waals surface area (Å²) in [5.74, 6) is -0.719. The molecule has 13 heteroatoms. The van der Waals surface area contributed by atoms with Crippen LogP contribution in [0.5, 0.6) is 5.75 Å². The van der Waals surface area contributed by atoms with Crippen molar-refractivity contribution in [3.8, 4) is 5.75 Å². The predicted octanol–water partition coefficient (Wildman–Crippen LogP) is 4.87. The lowest BCUT2D eigenvalue weighted by molar-refractivity contribution is -0.274. The number of alkyl halides is 3. The summed E-state index contributed by atoms with van der Waals surface area (Å²) in [5.41, 5.74) is 1.62. The molecule has 0 bridgehead atoms. The normalized spacial score (nSPS) is 11.0. The van der Waals surface area contributed by atoms with Crippen LogP contribution < -0.4 is 20.7 Å². The number of hydrogen-bond acceptors (Lipinski definition) is 8. The summed E-state index contributed by atoms with van der Waals surface area (Å²) in [5, 5.41) is 16.6. The van der Waals surface area contributed by atoms with E-state index in [9.17, 15) is 22.8 Å². The molecule has 32 heavy (non-hydrogen) atoms. The standard InChI is InChI=1S/C19H16F3N5O3S2/c1-11(28)23-13-3-2-4-14(9-13)24-16(29)10-31-18-27-26-17(32-18)25-12-5-7-15(8-6-12)30-19(20,21)22/h2-9H,10H2,1H3,(H,23,28)(H,24,29)(H,25,26). The Morgan fingerprint density at radius 3 is 2.38 bits per heavy atom. The number of amides is 2. The molecule has 0 unspecified atom stereocenters. The Balaban J connectivity index is 1.49. The lowest BCUT2D eigenvalue weighted by Crippen LogP contribution is -2.16. The van der Waals surface area contributed by atoms with E-state index in [0.29, 0.717) is 26.5 Å². The average Bonchev–Trinajstić information content (AvgIpc) is 3.14. The SMILES string of the molecule is CC(=O)Nc1cccc(NC(=O)CSc2nnc(Nc3ccc(OC(F)(F)F)cc3)s2)c1. The van der Waals surface area contributed by atoms with Crippen molar-refractivity contribution < 1.29 is 27.5 Å². The van der Waals surface area contributed by atoms with Crippen LogP contribution in [-0.2, 0) is 9.59 Å². The summed E-state index contributed by atoms with van der Waals surface area (Å²) in [4.78, 5) is 23.3. The Kier molecular flexibility index (Phi) is 7.53. The van der Waals surface area contributed by atoms with Crippen LogP contribution >= 0.6 is 23.1 Å². The lowest BCUT2D eigenvalue weighted by atomic mass is 10.2. The summed E-state index contributed by atoms with van der Waals surface area (Å²) in [6.07, 6.45) is -4.75. The molecule has 3 rings (SSSR count). The molecular weight excluding hydrogens is 467 g/mol. The van der Waals surface area contributed by atoms with Crippen LogP contribution in [0.1, 0.15) is 6.92 Å². The quantitative estimate of drug-likeness (QED) is 0.393. The van der Waals surface area contributed by atoms with Crippen molar-refractivity contribution in [2.24, 2.45) is 0 Å². The lowest BCUT2D eigenvalue weighted by Gasteiger charge is -2.09. The van der Waals surface area contributed by atoms with E-state index >= 15 is 0 Å². The number of carbonyl (C=O) groups is 2. The second kappa shape index (κ2) is 10.3. The van der Waals surface area contributed by atoms with Gasteiger partial charge in [-0.25, -0.2) is 0 Å². The fourth-order valence-corrected chi connectivity index (χ4v) is 3.96. The molecule has 1 aromatic heterocycles. The molecule has 8 nitrogen and oxygen atoms in total. The highest BCUT2D eigenvalue weighted by Gasteiger charge is 2.30. The third kappa shape index (κ3) is 7.74. The first kappa shape index (κ1) is 23.3. The molecule has 2 aromatic carbocycles. The van der Waals surface area contributed by atoms with Gasteiger partial charge in [0.05, 0.1) is 5.75 Å². The Labute approximate surface area is 188 Å². The topological polar surface area (TPSA) is 105 Å². The number of benzene rings is 2. The highest BCUT2D eigenvalue weighted by molar-refractivity contribution is 8.01. The molecule has 1 heterocycles. The summed E-state index contributed by atoms with van der Waals surface area (Å²) >= 11 is 2.37. The van der Waals surface area contributed by atoms with E-state index in [1.165, 1.54) is 54.3 Å². The fraction of sp³-hybridized carbons (Fsp3) is 0.158. The van der Waals surface area contributed by atoms with Crippen LogP contribution in [0.2, 0.25) is 0 Å². The van der Waals surface area contributed by atoms with Crippen molar-refractivity contribution in [3.63, 3.8) is 0 Å². The molecule has 0 saturated carbocycles. The van der Waals surface area contributed by atoms with Gasteiger partial charge in [0.1, 0.15) is 5.75 Å². The maximum atomic E-state index is 12.2. The van der Waals surface area contributed by atoms with Crippen LogP contribution in [0, 0.1) is 0 Å². The Hall–Kier alpha value is -3.32. The average molecular weight is 483 g/mol. The zero-order valence-electron chi connectivity index (χ0n) is 16.4. The van der Waals surface area contributed by atoms with Gasteiger partial charge in [-0.1, -0.05) is 29.2 Å². The fourth-order valence-electron chi connectivity index (χ4n) is 2.38. The first-order chi connectivity index (χ1) is 15.2. The third-order valence-electron chi connectivity index (χ3n) is 3.54. The molecule has 2 amide bonds. The van der Waals surface area contributed by atoms with Gasteiger partial charge in [-0.15, -0.1) is 23.4 Å². The highest BCUT2D eigenvalue weighted by atomic mass is 32.2.